The van der Waals surface area contributed by atoms with E-state index in [-0.39, 0.29) is 23.1 Å². The molecule has 0 spiro atoms. The standard InChI is InChI=1S/C16H19F3N2O2/c17-16(18,19)10-20-15(23)12-8-4-5-9-13(12)21-14(22)11-6-2-1-3-7-11/h4-5,8-9,11H,1-3,6-7,10H2,(H,20,23)(H,21,22). The van der Waals surface area contributed by atoms with E-state index in [0.717, 1.165) is 32.1 Å². The Balaban J connectivity index is 2.04. The number of halogens is 3. The number of carbonyl (C=O) groups excluding carboxylic acids is 2. The van der Waals surface area contributed by atoms with Gasteiger partial charge in [-0.25, -0.2) is 0 Å². The lowest BCUT2D eigenvalue weighted by molar-refractivity contribution is -0.123. The minimum atomic E-state index is -4.48. The average Bonchev–Trinajstić information content (AvgIpc) is 2.53. The van der Waals surface area contributed by atoms with Crippen molar-refractivity contribution in [1.29, 1.82) is 0 Å². The Morgan fingerprint density at radius 2 is 1.74 bits per heavy atom. The summed E-state index contributed by atoms with van der Waals surface area (Å²) in [7, 11) is 0. The molecule has 0 saturated heterocycles. The van der Waals surface area contributed by atoms with Crippen LogP contribution in [0.2, 0.25) is 0 Å². The Kier molecular flexibility index (Phi) is 5.63. The molecule has 0 heterocycles. The lowest BCUT2D eigenvalue weighted by atomic mass is 9.88. The van der Waals surface area contributed by atoms with Crippen molar-refractivity contribution in [2.75, 3.05) is 11.9 Å². The molecule has 1 fully saturated rings. The summed E-state index contributed by atoms with van der Waals surface area (Å²) in [6, 6.07) is 6.07. The first-order valence-corrected chi connectivity index (χ1v) is 7.61. The number of anilines is 1. The van der Waals surface area contributed by atoms with Crippen LogP contribution in [0, 0.1) is 5.92 Å². The Bertz CT molecular complexity index is 567. The minimum Gasteiger partial charge on any atom is -0.343 e. The van der Waals surface area contributed by atoms with Gasteiger partial charge in [-0.15, -0.1) is 0 Å². The summed E-state index contributed by atoms with van der Waals surface area (Å²) >= 11 is 0. The van der Waals surface area contributed by atoms with Gasteiger partial charge in [-0.05, 0) is 25.0 Å². The number of amides is 2. The van der Waals surface area contributed by atoms with Crippen LogP contribution in [0.15, 0.2) is 24.3 Å². The van der Waals surface area contributed by atoms with Crippen molar-refractivity contribution in [1.82, 2.24) is 5.32 Å². The fraction of sp³-hybridized carbons (Fsp3) is 0.500. The summed E-state index contributed by atoms with van der Waals surface area (Å²) < 4.78 is 36.6. The highest BCUT2D eigenvalue weighted by atomic mass is 19.4. The van der Waals surface area contributed by atoms with Crippen molar-refractivity contribution in [2.45, 2.75) is 38.3 Å². The third kappa shape index (κ3) is 5.26. The van der Waals surface area contributed by atoms with Crippen LogP contribution in [0.4, 0.5) is 18.9 Å². The molecular weight excluding hydrogens is 309 g/mol. The smallest absolute Gasteiger partial charge is 0.343 e. The van der Waals surface area contributed by atoms with Crippen molar-refractivity contribution in [2.24, 2.45) is 5.92 Å². The largest absolute Gasteiger partial charge is 0.405 e. The Morgan fingerprint density at radius 3 is 2.39 bits per heavy atom. The number of carbonyl (C=O) groups is 2. The number of hydrogen-bond acceptors (Lipinski definition) is 2. The van der Waals surface area contributed by atoms with Gasteiger partial charge in [-0.3, -0.25) is 9.59 Å². The molecule has 2 N–H and O–H groups in total. The van der Waals surface area contributed by atoms with Gasteiger partial charge in [0.1, 0.15) is 6.54 Å². The van der Waals surface area contributed by atoms with Crippen molar-refractivity contribution in [3.8, 4) is 0 Å². The third-order valence-corrected chi connectivity index (χ3v) is 3.85. The second-order valence-electron chi connectivity index (χ2n) is 5.67. The number of nitrogens with one attached hydrogen (secondary N) is 2. The second-order valence-corrected chi connectivity index (χ2v) is 5.67. The molecule has 0 bridgehead atoms. The van der Waals surface area contributed by atoms with Crippen molar-refractivity contribution >= 4 is 17.5 Å². The highest BCUT2D eigenvalue weighted by Gasteiger charge is 2.28. The lowest BCUT2D eigenvalue weighted by Crippen LogP contribution is -2.34. The topological polar surface area (TPSA) is 58.2 Å². The van der Waals surface area contributed by atoms with E-state index >= 15 is 0 Å². The predicted molar refractivity (Wildman–Crippen MR) is 80.0 cm³/mol. The van der Waals surface area contributed by atoms with E-state index in [2.05, 4.69) is 5.32 Å². The lowest BCUT2D eigenvalue weighted by Gasteiger charge is -2.21. The van der Waals surface area contributed by atoms with Crippen molar-refractivity contribution in [3.05, 3.63) is 29.8 Å². The minimum absolute atomic E-state index is 0.0286. The fourth-order valence-electron chi connectivity index (χ4n) is 2.67. The molecule has 1 aliphatic rings. The van der Waals surface area contributed by atoms with Crippen LogP contribution in [-0.2, 0) is 4.79 Å². The zero-order valence-electron chi connectivity index (χ0n) is 12.6. The molecular formula is C16H19F3N2O2. The van der Waals surface area contributed by atoms with Crippen molar-refractivity contribution < 1.29 is 22.8 Å². The average molecular weight is 328 g/mol. The first-order chi connectivity index (χ1) is 10.9. The van der Waals surface area contributed by atoms with Gasteiger partial charge in [0, 0.05) is 5.92 Å². The molecule has 7 heteroatoms. The number of benzene rings is 1. The molecule has 0 aromatic heterocycles. The van der Waals surface area contributed by atoms with Crippen LogP contribution in [-0.4, -0.2) is 24.5 Å². The monoisotopic (exact) mass is 328 g/mol. The van der Waals surface area contributed by atoms with Gasteiger partial charge in [-0.2, -0.15) is 13.2 Å². The SMILES string of the molecule is O=C(NCC(F)(F)F)c1ccccc1NC(=O)C1CCCCC1. The van der Waals surface area contributed by atoms with E-state index in [1.807, 2.05) is 5.32 Å². The van der Waals surface area contributed by atoms with Gasteiger partial charge in [0.25, 0.3) is 5.91 Å². The van der Waals surface area contributed by atoms with Crippen LogP contribution >= 0.6 is 0 Å². The molecule has 126 valence electrons. The Morgan fingerprint density at radius 1 is 1.09 bits per heavy atom. The van der Waals surface area contributed by atoms with Crippen LogP contribution in [0.25, 0.3) is 0 Å². The maximum Gasteiger partial charge on any atom is 0.405 e. The molecule has 0 atom stereocenters. The first-order valence-electron chi connectivity index (χ1n) is 7.61. The summed E-state index contributed by atoms with van der Waals surface area (Å²) in [4.78, 5) is 24.1. The maximum atomic E-state index is 12.2. The number of rotatable bonds is 4. The summed E-state index contributed by atoms with van der Waals surface area (Å²) in [5.41, 5.74) is 0.267. The zero-order valence-corrected chi connectivity index (χ0v) is 12.6. The van der Waals surface area contributed by atoms with Crippen LogP contribution in [0.1, 0.15) is 42.5 Å². The van der Waals surface area contributed by atoms with E-state index < -0.39 is 18.6 Å². The number of para-hydroxylation sites is 1. The summed E-state index contributed by atoms with van der Waals surface area (Å²) in [5.74, 6) is -1.14. The first kappa shape index (κ1) is 17.3. The van der Waals surface area contributed by atoms with E-state index in [1.165, 1.54) is 12.1 Å². The van der Waals surface area contributed by atoms with Crippen LogP contribution < -0.4 is 10.6 Å². The van der Waals surface area contributed by atoms with E-state index in [4.69, 9.17) is 0 Å². The molecule has 1 aliphatic carbocycles. The van der Waals surface area contributed by atoms with Gasteiger partial charge < -0.3 is 10.6 Å². The number of alkyl halides is 3. The molecule has 0 radical (unpaired) electrons. The summed E-state index contributed by atoms with van der Waals surface area (Å²) in [6.45, 7) is -1.41. The maximum absolute atomic E-state index is 12.2. The number of hydrogen-bond donors (Lipinski definition) is 2. The molecule has 1 aromatic rings. The molecule has 2 amide bonds. The van der Waals surface area contributed by atoms with E-state index in [0.29, 0.717) is 0 Å². The normalized spacial score (nSPS) is 16.0. The Labute approximate surface area is 132 Å². The van der Waals surface area contributed by atoms with Gasteiger partial charge in [0.15, 0.2) is 0 Å². The molecule has 0 aliphatic heterocycles. The van der Waals surface area contributed by atoms with Gasteiger partial charge >= 0.3 is 6.18 Å². The Hall–Kier alpha value is -2.05. The molecule has 1 aromatic carbocycles. The highest BCUT2D eigenvalue weighted by Crippen LogP contribution is 2.26. The highest BCUT2D eigenvalue weighted by molar-refractivity contribution is 6.04. The molecule has 4 nitrogen and oxygen atoms in total. The van der Waals surface area contributed by atoms with Crippen LogP contribution in [0.3, 0.4) is 0 Å². The summed E-state index contributed by atoms with van der Waals surface area (Å²) in [6.07, 6.45) is 0.219. The van der Waals surface area contributed by atoms with Crippen molar-refractivity contribution in [3.63, 3.8) is 0 Å². The zero-order chi connectivity index (χ0) is 16.9. The molecule has 23 heavy (non-hydrogen) atoms. The quantitative estimate of drug-likeness (QED) is 0.889. The van der Waals surface area contributed by atoms with Crippen LogP contribution in [0.5, 0.6) is 0 Å². The molecule has 0 unspecified atom stereocenters. The van der Waals surface area contributed by atoms with Gasteiger partial charge in [0.2, 0.25) is 5.91 Å². The van der Waals surface area contributed by atoms with E-state index in [1.54, 1.807) is 12.1 Å². The van der Waals surface area contributed by atoms with Gasteiger partial charge in [-0.1, -0.05) is 31.4 Å². The van der Waals surface area contributed by atoms with Gasteiger partial charge in [0.05, 0.1) is 11.3 Å². The predicted octanol–water partition coefficient (Wildman–Crippen LogP) is 3.50. The second kappa shape index (κ2) is 7.48. The fourth-order valence-corrected chi connectivity index (χ4v) is 2.67. The molecule has 2 rings (SSSR count). The van der Waals surface area contributed by atoms with E-state index in [9.17, 15) is 22.8 Å². The molecule has 1 saturated carbocycles. The summed E-state index contributed by atoms with van der Waals surface area (Å²) in [5, 5.41) is 4.49. The third-order valence-electron chi connectivity index (χ3n) is 3.85.